The lowest BCUT2D eigenvalue weighted by molar-refractivity contribution is 0.0954. The first-order valence-electron chi connectivity index (χ1n) is 9.44. The van der Waals surface area contributed by atoms with Crippen LogP contribution < -0.4 is 10.6 Å². The van der Waals surface area contributed by atoms with Crippen molar-refractivity contribution < 1.29 is 9.59 Å². The first kappa shape index (κ1) is 18.5. The van der Waals surface area contributed by atoms with E-state index in [1.807, 2.05) is 30.3 Å². The number of fused-ring (bicyclic) bond motifs is 1. The number of carbonyl (C=O) groups is 2. The van der Waals surface area contributed by atoms with Gasteiger partial charge in [0.2, 0.25) is 0 Å². The minimum Gasteiger partial charge on any atom is -0.385 e. The molecule has 1 heterocycles. The molecule has 5 nitrogen and oxygen atoms in total. The van der Waals surface area contributed by atoms with Crippen molar-refractivity contribution in [3.05, 3.63) is 95.1 Å². The fraction of sp³-hybridized carbons (Fsp3) is 0.125. The van der Waals surface area contributed by atoms with E-state index in [4.69, 9.17) is 5.26 Å². The van der Waals surface area contributed by atoms with Crippen LogP contribution in [0.4, 0.5) is 11.4 Å². The molecule has 0 aliphatic carbocycles. The smallest absolute Gasteiger partial charge is 0.255 e. The topological polar surface area (TPSA) is 82.0 Å². The van der Waals surface area contributed by atoms with E-state index in [0.717, 1.165) is 24.2 Å². The van der Waals surface area contributed by atoms with Gasteiger partial charge >= 0.3 is 0 Å². The van der Waals surface area contributed by atoms with Gasteiger partial charge in [-0.15, -0.1) is 0 Å². The van der Waals surface area contributed by atoms with Crippen molar-refractivity contribution in [1.82, 2.24) is 0 Å². The molecule has 0 saturated heterocycles. The van der Waals surface area contributed by atoms with Crippen LogP contribution in [0.15, 0.2) is 72.8 Å². The van der Waals surface area contributed by atoms with E-state index in [1.165, 1.54) is 0 Å². The molecule has 0 bridgehead atoms. The van der Waals surface area contributed by atoms with E-state index in [2.05, 4.69) is 10.6 Å². The van der Waals surface area contributed by atoms with Crippen LogP contribution >= 0.6 is 0 Å². The zero-order valence-electron chi connectivity index (χ0n) is 15.7. The van der Waals surface area contributed by atoms with Crippen molar-refractivity contribution in [2.24, 2.45) is 0 Å². The van der Waals surface area contributed by atoms with Gasteiger partial charge in [-0.1, -0.05) is 24.3 Å². The van der Waals surface area contributed by atoms with E-state index in [-0.39, 0.29) is 17.6 Å². The Labute approximate surface area is 169 Å². The molecule has 3 aromatic rings. The molecule has 0 saturated carbocycles. The van der Waals surface area contributed by atoms with Crippen LogP contribution in [0.5, 0.6) is 0 Å². The minimum absolute atomic E-state index is 0.0820. The second kappa shape index (κ2) is 7.99. The molecule has 5 heteroatoms. The molecular formula is C24H19N3O2. The van der Waals surface area contributed by atoms with Crippen molar-refractivity contribution in [3.8, 4) is 6.07 Å². The molecule has 1 amide bonds. The normalized spacial score (nSPS) is 14.8. The van der Waals surface area contributed by atoms with Crippen LogP contribution in [-0.2, 0) is 0 Å². The number of para-hydroxylation sites is 1. The molecule has 0 fully saturated rings. The third kappa shape index (κ3) is 3.87. The van der Waals surface area contributed by atoms with Crippen LogP contribution in [0.25, 0.3) is 0 Å². The zero-order valence-corrected chi connectivity index (χ0v) is 15.7. The molecule has 1 aliphatic rings. The van der Waals surface area contributed by atoms with Gasteiger partial charge in [0, 0.05) is 29.0 Å². The lowest BCUT2D eigenvalue weighted by atomic mass is 9.85. The summed E-state index contributed by atoms with van der Waals surface area (Å²) >= 11 is 0. The number of benzene rings is 3. The highest BCUT2D eigenvalue weighted by molar-refractivity contribution is 6.05. The number of hydrogen-bond acceptors (Lipinski definition) is 4. The summed E-state index contributed by atoms with van der Waals surface area (Å²) in [6.07, 6.45) is 0.754. The summed E-state index contributed by atoms with van der Waals surface area (Å²) in [5.41, 5.74) is 4.10. The quantitative estimate of drug-likeness (QED) is 0.648. The second-order valence-corrected chi connectivity index (χ2v) is 6.94. The summed E-state index contributed by atoms with van der Waals surface area (Å²) in [5.74, 6) is -0.381. The third-order valence-electron chi connectivity index (χ3n) is 5.08. The van der Waals surface area contributed by atoms with Gasteiger partial charge in [-0.3, -0.25) is 9.59 Å². The van der Waals surface area contributed by atoms with Gasteiger partial charge in [-0.05, 0) is 60.5 Å². The van der Waals surface area contributed by atoms with Gasteiger partial charge in [0.1, 0.15) is 0 Å². The molecular weight excluding hydrogens is 362 g/mol. The highest BCUT2D eigenvalue weighted by Gasteiger charge is 2.26. The molecule has 3 aromatic carbocycles. The van der Waals surface area contributed by atoms with Crippen LogP contribution in [-0.4, -0.2) is 18.2 Å². The summed E-state index contributed by atoms with van der Waals surface area (Å²) in [4.78, 5) is 25.4. The number of anilines is 2. The van der Waals surface area contributed by atoms with Crippen molar-refractivity contribution in [2.75, 3.05) is 17.2 Å². The maximum atomic E-state index is 13.0. The van der Waals surface area contributed by atoms with Gasteiger partial charge < -0.3 is 10.6 Å². The van der Waals surface area contributed by atoms with Crippen molar-refractivity contribution >= 4 is 23.1 Å². The lowest BCUT2D eigenvalue weighted by Gasteiger charge is -2.25. The minimum atomic E-state index is -0.298. The van der Waals surface area contributed by atoms with Crippen LogP contribution in [0.2, 0.25) is 0 Å². The van der Waals surface area contributed by atoms with Crippen molar-refractivity contribution in [1.29, 1.82) is 5.26 Å². The maximum Gasteiger partial charge on any atom is 0.255 e. The fourth-order valence-corrected chi connectivity index (χ4v) is 3.59. The molecule has 29 heavy (non-hydrogen) atoms. The molecule has 142 valence electrons. The Morgan fingerprint density at radius 1 is 0.966 bits per heavy atom. The standard InChI is InChI=1S/C24H19N3O2/c25-15-16-4-3-5-18(14-16)24(29)27-19-10-8-17(9-11-19)23(28)21-12-13-26-22-7-2-1-6-20(21)22/h1-11,14,21,26H,12-13H2,(H,27,29). The summed E-state index contributed by atoms with van der Waals surface area (Å²) in [5, 5.41) is 15.1. The predicted molar refractivity (Wildman–Crippen MR) is 112 cm³/mol. The van der Waals surface area contributed by atoms with E-state index in [1.54, 1.807) is 48.5 Å². The SMILES string of the molecule is N#Cc1cccc(C(=O)Nc2ccc(C(=O)C3CCNc4ccccc43)cc2)c1. The van der Waals surface area contributed by atoms with Gasteiger partial charge in [0.15, 0.2) is 5.78 Å². The van der Waals surface area contributed by atoms with E-state index >= 15 is 0 Å². The van der Waals surface area contributed by atoms with E-state index < -0.39 is 0 Å². The largest absolute Gasteiger partial charge is 0.385 e. The van der Waals surface area contributed by atoms with Crippen molar-refractivity contribution in [2.45, 2.75) is 12.3 Å². The molecule has 1 atom stereocenters. The number of carbonyl (C=O) groups excluding carboxylic acids is 2. The molecule has 1 aliphatic heterocycles. The third-order valence-corrected chi connectivity index (χ3v) is 5.08. The zero-order chi connectivity index (χ0) is 20.2. The van der Waals surface area contributed by atoms with Crippen LogP contribution in [0, 0.1) is 11.3 Å². The Hall–Kier alpha value is -3.91. The van der Waals surface area contributed by atoms with Gasteiger partial charge in [0.05, 0.1) is 17.6 Å². The second-order valence-electron chi connectivity index (χ2n) is 6.94. The number of ketones is 1. The Morgan fingerprint density at radius 3 is 2.55 bits per heavy atom. The maximum absolute atomic E-state index is 13.0. The lowest BCUT2D eigenvalue weighted by Crippen LogP contribution is -2.23. The molecule has 4 rings (SSSR count). The average Bonchev–Trinajstić information content (AvgIpc) is 2.78. The molecule has 0 aromatic heterocycles. The number of nitrogens with zero attached hydrogens (tertiary/aromatic N) is 1. The first-order valence-corrected chi connectivity index (χ1v) is 9.44. The molecule has 1 unspecified atom stereocenters. The molecule has 0 radical (unpaired) electrons. The molecule has 2 N–H and O–H groups in total. The number of amides is 1. The van der Waals surface area contributed by atoms with Crippen LogP contribution in [0.1, 0.15) is 44.2 Å². The number of rotatable bonds is 4. The summed E-state index contributed by atoms with van der Waals surface area (Å²) in [6.45, 7) is 0.767. The summed E-state index contributed by atoms with van der Waals surface area (Å²) < 4.78 is 0. The highest BCUT2D eigenvalue weighted by atomic mass is 16.1. The molecule has 0 spiro atoms. The first-order chi connectivity index (χ1) is 14.2. The monoisotopic (exact) mass is 381 g/mol. The Bertz CT molecular complexity index is 1110. The summed E-state index contributed by atoms with van der Waals surface area (Å²) in [7, 11) is 0. The Kier molecular flexibility index (Phi) is 5.08. The van der Waals surface area contributed by atoms with Crippen LogP contribution in [0.3, 0.4) is 0 Å². The number of nitriles is 1. The van der Waals surface area contributed by atoms with Gasteiger partial charge in [-0.2, -0.15) is 5.26 Å². The van der Waals surface area contributed by atoms with Gasteiger partial charge in [0.25, 0.3) is 5.91 Å². The van der Waals surface area contributed by atoms with E-state index in [0.29, 0.717) is 22.4 Å². The Balaban J connectivity index is 1.49. The fourth-order valence-electron chi connectivity index (χ4n) is 3.59. The highest BCUT2D eigenvalue weighted by Crippen LogP contribution is 2.33. The number of Topliss-reactive ketones (excluding diaryl/α,β-unsaturated/α-hetero) is 1. The number of nitrogens with one attached hydrogen (secondary N) is 2. The Morgan fingerprint density at radius 2 is 1.76 bits per heavy atom. The average molecular weight is 381 g/mol. The number of hydrogen-bond donors (Lipinski definition) is 2. The van der Waals surface area contributed by atoms with Crippen molar-refractivity contribution in [3.63, 3.8) is 0 Å². The van der Waals surface area contributed by atoms with Gasteiger partial charge in [-0.25, -0.2) is 0 Å². The summed E-state index contributed by atoms with van der Waals surface area (Å²) in [6, 6.07) is 23.4. The predicted octanol–water partition coefficient (Wildman–Crippen LogP) is 4.59. The van der Waals surface area contributed by atoms with E-state index in [9.17, 15) is 9.59 Å².